The highest BCUT2D eigenvalue weighted by atomic mass is 32.1. The molecule has 5 rings (SSSR count). The molecule has 3 aliphatic heterocycles. The summed E-state index contributed by atoms with van der Waals surface area (Å²) in [5.41, 5.74) is 2.32. The highest BCUT2D eigenvalue weighted by molar-refractivity contribution is 7.09. The van der Waals surface area contributed by atoms with Gasteiger partial charge >= 0.3 is 0 Å². The van der Waals surface area contributed by atoms with Gasteiger partial charge in [-0.1, -0.05) is 24.3 Å². The SMILES string of the molecule is CN1C(CCC(=O)N2CCc3ccccc32)CNC(=O)C2C1CCN2Cc1cccs1. The number of rotatable bonds is 5. The molecule has 6 nitrogen and oxygen atoms in total. The third-order valence-electron chi connectivity index (χ3n) is 7.17. The first kappa shape index (κ1) is 20.7. The lowest BCUT2D eigenvalue weighted by atomic mass is 10.0. The lowest BCUT2D eigenvalue weighted by Crippen LogP contribution is -2.49. The van der Waals surface area contributed by atoms with E-state index in [9.17, 15) is 9.59 Å². The van der Waals surface area contributed by atoms with Crippen LogP contribution in [0.4, 0.5) is 5.69 Å². The van der Waals surface area contributed by atoms with Gasteiger partial charge in [0.15, 0.2) is 0 Å². The molecule has 3 aliphatic rings. The van der Waals surface area contributed by atoms with Gasteiger partial charge in [-0.15, -0.1) is 11.3 Å². The van der Waals surface area contributed by atoms with E-state index >= 15 is 0 Å². The number of hydrogen-bond acceptors (Lipinski definition) is 5. The Morgan fingerprint density at radius 3 is 2.90 bits per heavy atom. The van der Waals surface area contributed by atoms with Crippen LogP contribution in [0.15, 0.2) is 41.8 Å². The van der Waals surface area contributed by atoms with Crippen molar-refractivity contribution in [3.05, 3.63) is 52.2 Å². The first-order valence-electron chi connectivity index (χ1n) is 11.3. The standard InChI is InChI=1S/C24H30N4O2S/c1-26-18(8-9-22(29)28-13-10-17-5-2-3-7-20(17)28)15-25-24(30)23-21(26)11-12-27(23)16-19-6-4-14-31-19/h2-7,14,18,21,23H,8-13,15-16H2,1H3,(H,25,30). The highest BCUT2D eigenvalue weighted by Gasteiger charge is 2.45. The number of carbonyl (C=O) groups is 2. The van der Waals surface area contributed by atoms with Crippen molar-refractivity contribution < 1.29 is 9.59 Å². The fourth-order valence-corrected chi connectivity index (χ4v) is 6.18. The Hall–Kier alpha value is -2.22. The van der Waals surface area contributed by atoms with Gasteiger partial charge in [0, 0.05) is 55.2 Å². The molecule has 2 fully saturated rings. The topological polar surface area (TPSA) is 55.9 Å². The van der Waals surface area contributed by atoms with Gasteiger partial charge in [-0.3, -0.25) is 19.4 Å². The normalized spacial score (nSPS) is 26.4. The summed E-state index contributed by atoms with van der Waals surface area (Å²) in [6.07, 6.45) is 3.20. The Bertz CT molecular complexity index is 947. The first-order valence-corrected chi connectivity index (χ1v) is 12.1. The molecule has 4 heterocycles. The summed E-state index contributed by atoms with van der Waals surface area (Å²) in [4.78, 5) is 33.9. The molecule has 0 aliphatic carbocycles. The number of likely N-dealkylation sites (N-methyl/N-ethyl adjacent to an activating group) is 1. The molecule has 31 heavy (non-hydrogen) atoms. The molecular weight excluding hydrogens is 408 g/mol. The molecule has 7 heteroatoms. The van der Waals surface area contributed by atoms with Crippen molar-refractivity contribution in [2.75, 3.05) is 31.6 Å². The largest absolute Gasteiger partial charge is 0.353 e. The Kier molecular flexibility index (Phi) is 5.82. The fourth-order valence-electron chi connectivity index (χ4n) is 5.45. The summed E-state index contributed by atoms with van der Waals surface area (Å²) in [5.74, 6) is 0.324. The summed E-state index contributed by atoms with van der Waals surface area (Å²) in [5, 5.41) is 5.26. The number of nitrogens with one attached hydrogen (secondary N) is 1. The minimum absolute atomic E-state index is 0.113. The van der Waals surface area contributed by atoms with E-state index in [1.165, 1.54) is 10.4 Å². The van der Waals surface area contributed by atoms with E-state index < -0.39 is 0 Å². The molecule has 0 saturated carbocycles. The van der Waals surface area contributed by atoms with E-state index in [-0.39, 0.29) is 29.9 Å². The van der Waals surface area contributed by atoms with Crippen molar-refractivity contribution in [3.63, 3.8) is 0 Å². The van der Waals surface area contributed by atoms with Gasteiger partial charge in [0.25, 0.3) is 0 Å². The number of thiophene rings is 1. The molecule has 0 radical (unpaired) electrons. The van der Waals surface area contributed by atoms with Crippen LogP contribution in [0, 0.1) is 0 Å². The molecule has 3 unspecified atom stereocenters. The van der Waals surface area contributed by atoms with Crippen molar-refractivity contribution in [3.8, 4) is 0 Å². The number of benzene rings is 1. The zero-order chi connectivity index (χ0) is 21.4. The number of amides is 2. The van der Waals surface area contributed by atoms with Crippen LogP contribution in [0.2, 0.25) is 0 Å². The first-order chi connectivity index (χ1) is 15.1. The Labute approximate surface area is 187 Å². The summed E-state index contributed by atoms with van der Waals surface area (Å²) in [7, 11) is 2.13. The number of hydrogen-bond donors (Lipinski definition) is 1. The van der Waals surface area contributed by atoms with Crippen LogP contribution < -0.4 is 10.2 Å². The molecule has 0 spiro atoms. The van der Waals surface area contributed by atoms with E-state index in [1.807, 2.05) is 23.1 Å². The minimum Gasteiger partial charge on any atom is -0.353 e. The third kappa shape index (κ3) is 4.02. The zero-order valence-electron chi connectivity index (χ0n) is 18.0. The number of anilines is 1. The van der Waals surface area contributed by atoms with Crippen LogP contribution >= 0.6 is 11.3 Å². The highest BCUT2D eigenvalue weighted by Crippen LogP contribution is 2.31. The summed E-state index contributed by atoms with van der Waals surface area (Å²) in [6, 6.07) is 12.7. The Balaban J connectivity index is 1.23. The average Bonchev–Trinajstić information content (AvgIpc) is 3.51. The van der Waals surface area contributed by atoms with Crippen LogP contribution in [-0.2, 0) is 22.6 Å². The van der Waals surface area contributed by atoms with E-state index in [1.54, 1.807) is 11.3 Å². The Morgan fingerprint density at radius 1 is 1.19 bits per heavy atom. The van der Waals surface area contributed by atoms with Crippen LogP contribution in [0.1, 0.15) is 29.7 Å². The molecule has 1 aromatic carbocycles. The van der Waals surface area contributed by atoms with E-state index in [0.717, 1.165) is 44.6 Å². The molecule has 0 bridgehead atoms. The van der Waals surface area contributed by atoms with Crippen molar-refractivity contribution in [1.82, 2.24) is 15.1 Å². The second-order valence-electron chi connectivity index (χ2n) is 8.88. The van der Waals surface area contributed by atoms with Crippen LogP contribution in [-0.4, -0.2) is 66.4 Å². The number of likely N-dealkylation sites (tertiary alicyclic amines) is 1. The lowest BCUT2D eigenvalue weighted by molar-refractivity contribution is -0.126. The molecule has 1 aromatic heterocycles. The minimum atomic E-state index is -0.113. The number of para-hydroxylation sites is 1. The lowest BCUT2D eigenvalue weighted by Gasteiger charge is -2.33. The molecule has 164 valence electrons. The Morgan fingerprint density at radius 2 is 2.06 bits per heavy atom. The molecule has 2 amide bonds. The fraction of sp³-hybridized carbons (Fsp3) is 0.500. The summed E-state index contributed by atoms with van der Waals surface area (Å²) in [6.45, 7) is 3.15. The van der Waals surface area contributed by atoms with Gasteiger partial charge in [0.05, 0.1) is 0 Å². The van der Waals surface area contributed by atoms with Crippen molar-refractivity contribution in [2.24, 2.45) is 0 Å². The van der Waals surface area contributed by atoms with Gasteiger partial charge in [0.2, 0.25) is 11.8 Å². The summed E-state index contributed by atoms with van der Waals surface area (Å²) < 4.78 is 0. The smallest absolute Gasteiger partial charge is 0.239 e. The molecule has 1 N–H and O–H groups in total. The monoisotopic (exact) mass is 438 g/mol. The van der Waals surface area contributed by atoms with Gasteiger partial charge in [0.1, 0.15) is 6.04 Å². The number of carbonyl (C=O) groups excluding carboxylic acids is 2. The van der Waals surface area contributed by atoms with E-state index in [2.05, 4.69) is 45.7 Å². The van der Waals surface area contributed by atoms with Crippen molar-refractivity contribution in [1.29, 1.82) is 0 Å². The summed E-state index contributed by atoms with van der Waals surface area (Å²) >= 11 is 1.75. The van der Waals surface area contributed by atoms with Crippen LogP contribution in [0.5, 0.6) is 0 Å². The second-order valence-corrected chi connectivity index (χ2v) is 9.91. The maximum absolute atomic E-state index is 13.0. The van der Waals surface area contributed by atoms with Crippen molar-refractivity contribution >= 4 is 28.8 Å². The van der Waals surface area contributed by atoms with E-state index in [0.29, 0.717) is 13.0 Å². The quantitative estimate of drug-likeness (QED) is 0.779. The van der Waals surface area contributed by atoms with Gasteiger partial charge < -0.3 is 10.2 Å². The van der Waals surface area contributed by atoms with E-state index in [4.69, 9.17) is 0 Å². The molecule has 3 atom stereocenters. The number of nitrogens with zero attached hydrogens (tertiary/aromatic N) is 3. The van der Waals surface area contributed by atoms with Crippen LogP contribution in [0.25, 0.3) is 0 Å². The molecule has 2 aromatic rings. The van der Waals surface area contributed by atoms with Gasteiger partial charge in [-0.2, -0.15) is 0 Å². The van der Waals surface area contributed by atoms with Crippen LogP contribution in [0.3, 0.4) is 0 Å². The average molecular weight is 439 g/mol. The predicted octanol–water partition coefficient (Wildman–Crippen LogP) is 2.49. The molecule has 2 saturated heterocycles. The predicted molar refractivity (Wildman–Crippen MR) is 123 cm³/mol. The maximum Gasteiger partial charge on any atom is 0.239 e. The number of fused-ring (bicyclic) bond motifs is 2. The maximum atomic E-state index is 13.0. The molecular formula is C24H30N4O2S. The van der Waals surface area contributed by atoms with Crippen molar-refractivity contribution in [2.45, 2.75) is 50.4 Å². The third-order valence-corrected chi connectivity index (χ3v) is 8.03. The van der Waals surface area contributed by atoms with Gasteiger partial charge in [-0.25, -0.2) is 0 Å². The zero-order valence-corrected chi connectivity index (χ0v) is 18.8. The second kappa shape index (κ2) is 8.73. The van der Waals surface area contributed by atoms with Gasteiger partial charge in [-0.05, 0) is 49.4 Å².